The maximum atomic E-state index is 6.26. The van der Waals surface area contributed by atoms with Gasteiger partial charge < -0.3 is 13.4 Å². The Bertz CT molecular complexity index is 2040. The summed E-state index contributed by atoms with van der Waals surface area (Å²) < 4.78 is 14.7. The van der Waals surface area contributed by atoms with E-state index < -0.39 is 0 Å². The quantitative estimate of drug-likeness (QED) is 0.264. The Kier molecular flexibility index (Phi) is 3.36. The molecule has 0 aliphatic heterocycles. The zero-order valence-electron chi connectivity index (χ0n) is 18.5. The van der Waals surface area contributed by atoms with E-state index in [0.29, 0.717) is 0 Å². The van der Waals surface area contributed by atoms with E-state index in [1.54, 1.807) is 0 Å². The summed E-state index contributed by atoms with van der Waals surface area (Å²) in [5.41, 5.74) is 8.24. The van der Waals surface area contributed by atoms with Crippen LogP contribution in [-0.4, -0.2) is 12.4 Å². The summed E-state index contributed by atoms with van der Waals surface area (Å²) in [6.07, 6.45) is 0. The molecule has 0 spiro atoms. The zero-order chi connectivity index (χ0) is 22.4. The van der Waals surface area contributed by atoms with Crippen molar-refractivity contribution in [2.45, 2.75) is 0 Å². The summed E-state index contributed by atoms with van der Waals surface area (Å²) in [5.74, 6) is 0. The van der Waals surface area contributed by atoms with Crippen molar-refractivity contribution in [2.24, 2.45) is 0 Å². The molecule has 3 nitrogen and oxygen atoms in total. The van der Waals surface area contributed by atoms with E-state index in [0.717, 1.165) is 49.6 Å². The lowest BCUT2D eigenvalue weighted by atomic mass is 9.94. The number of furan rings is 2. The molecule has 0 N–H and O–H groups in total. The van der Waals surface area contributed by atoms with E-state index in [9.17, 15) is 0 Å². The minimum atomic E-state index is 0.845. The molecule has 0 saturated heterocycles. The maximum absolute atomic E-state index is 6.26. The molecule has 0 amide bonds. The lowest BCUT2D eigenvalue weighted by Crippen LogP contribution is -1.98. The lowest BCUT2D eigenvalue weighted by Gasteiger charge is -2.07. The van der Waals surface area contributed by atoms with Crippen molar-refractivity contribution in [3.05, 3.63) is 97.1 Å². The Balaban J connectivity index is 1.46. The van der Waals surface area contributed by atoms with Gasteiger partial charge in [-0.25, -0.2) is 0 Å². The van der Waals surface area contributed by atoms with Gasteiger partial charge in [-0.05, 0) is 42.5 Å². The lowest BCUT2D eigenvalue weighted by molar-refractivity contribution is 0.656. The Hall–Kier alpha value is -4.44. The molecule has 0 saturated carbocycles. The average Bonchev–Trinajstić information content (AvgIpc) is 3.51. The molecule has 0 bridgehead atoms. The van der Waals surface area contributed by atoms with Gasteiger partial charge in [0, 0.05) is 44.1 Å². The van der Waals surface area contributed by atoms with E-state index in [2.05, 4.69) is 97.3 Å². The molecule has 4 heteroatoms. The molecule has 0 aliphatic rings. The summed E-state index contributed by atoms with van der Waals surface area (Å²) >= 11 is 0. The van der Waals surface area contributed by atoms with E-state index in [1.807, 2.05) is 12.1 Å². The van der Waals surface area contributed by atoms with E-state index in [-0.39, 0.29) is 0 Å². The second kappa shape index (κ2) is 6.33. The smallest absolute Gasteiger partial charge is 0.139 e. The number of hydrogen-bond acceptors (Lipinski definition) is 2. The first kappa shape index (κ1) is 18.0. The third-order valence-electron chi connectivity index (χ3n) is 7.04. The van der Waals surface area contributed by atoms with Crippen LogP contribution in [0.15, 0.2) is 106 Å². The predicted octanol–water partition coefficient (Wildman–Crippen LogP) is 6.84. The maximum Gasteiger partial charge on any atom is 0.139 e. The summed E-state index contributed by atoms with van der Waals surface area (Å²) in [4.78, 5) is 0. The summed E-state index contributed by atoms with van der Waals surface area (Å²) in [6, 6.07) is 34.2. The second-order valence-electron chi connectivity index (χ2n) is 9.10. The van der Waals surface area contributed by atoms with Gasteiger partial charge in [-0.1, -0.05) is 54.0 Å². The standard InChI is InChI=1S/C30H18BNO2/c31-17-9-11-27-21(13-17)23-15-24-22-14-18(10-12-28(22)34-30(24)16-29(23)33-27)32-25-7-3-1-5-19(25)20-6-2-4-8-26(20)32/h1-16H,31H2. The van der Waals surface area contributed by atoms with Crippen LogP contribution in [0.5, 0.6) is 0 Å². The van der Waals surface area contributed by atoms with Crippen LogP contribution in [0.4, 0.5) is 0 Å². The second-order valence-corrected chi connectivity index (χ2v) is 9.10. The van der Waals surface area contributed by atoms with E-state index >= 15 is 0 Å². The molecule has 0 unspecified atom stereocenters. The summed E-state index contributed by atoms with van der Waals surface area (Å²) in [5, 5.41) is 7.00. The number of para-hydroxylation sites is 2. The highest BCUT2D eigenvalue weighted by Crippen LogP contribution is 2.38. The Morgan fingerprint density at radius 2 is 1.03 bits per heavy atom. The normalized spacial score (nSPS) is 12.2. The molecule has 0 atom stereocenters. The van der Waals surface area contributed by atoms with Crippen molar-refractivity contribution in [2.75, 3.05) is 0 Å². The van der Waals surface area contributed by atoms with E-state index in [1.165, 1.54) is 27.3 Å². The van der Waals surface area contributed by atoms with Crippen LogP contribution in [0.25, 0.3) is 71.4 Å². The molecule has 0 fully saturated rings. The molecule has 0 aliphatic carbocycles. The van der Waals surface area contributed by atoms with Crippen LogP contribution in [0.3, 0.4) is 0 Å². The minimum absolute atomic E-state index is 0.845. The SMILES string of the molecule is Bc1ccc2oc3cc4oc5ccc(-n6c7ccccc7c7ccccc76)cc5c4cc3c2c1. The average molecular weight is 435 g/mol. The fourth-order valence-corrected chi connectivity index (χ4v) is 5.49. The number of hydrogen-bond donors (Lipinski definition) is 0. The number of benzene rings is 5. The van der Waals surface area contributed by atoms with Crippen molar-refractivity contribution < 1.29 is 8.83 Å². The highest BCUT2D eigenvalue weighted by Gasteiger charge is 2.16. The van der Waals surface area contributed by atoms with Crippen LogP contribution >= 0.6 is 0 Å². The monoisotopic (exact) mass is 435 g/mol. The highest BCUT2D eigenvalue weighted by atomic mass is 16.3. The van der Waals surface area contributed by atoms with Gasteiger partial charge in [0.2, 0.25) is 0 Å². The fraction of sp³-hybridized carbons (Fsp3) is 0. The largest absolute Gasteiger partial charge is 0.456 e. The summed E-state index contributed by atoms with van der Waals surface area (Å²) in [6.45, 7) is 0. The highest BCUT2D eigenvalue weighted by molar-refractivity contribution is 6.33. The van der Waals surface area contributed by atoms with Crippen molar-refractivity contribution in [3.8, 4) is 5.69 Å². The molecule has 3 aromatic heterocycles. The molecule has 34 heavy (non-hydrogen) atoms. The molecular weight excluding hydrogens is 417 g/mol. The number of fused-ring (bicyclic) bond motifs is 9. The third kappa shape index (κ3) is 2.32. The van der Waals surface area contributed by atoms with Gasteiger partial charge in [0.1, 0.15) is 30.2 Å². The number of rotatable bonds is 1. The van der Waals surface area contributed by atoms with Crippen LogP contribution in [-0.2, 0) is 0 Å². The van der Waals surface area contributed by atoms with Crippen molar-refractivity contribution in [3.63, 3.8) is 0 Å². The first-order chi connectivity index (χ1) is 16.7. The van der Waals surface area contributed by atoms with Gasteiger partial charge in [-0.3, -0.25) is 0 Å². The van der Waals surface area contributed by atoms with Crippen LogP contribution in [0, 0.1) is 0 Å². The topological polar surface area (TPSA) is 31.2 Å². The Labute approximate surface area is 195 Å². The van der Waals surface area contributed by atoms with Gasteiger partial charge in [-0.15, -0.1) is 0 Å². The van der Waals surface area contributed by atoms with Gasteiger partial charge in [0.25, 0.3) is 0 Å². The van der Waals surface area contributed by atoms with Crippen LogP contribution < -0.4 is 5.46 Å². The van der Waals surface area contributed by atoms with Gasteiger partial charge >= 0.3 is 0 Å². The molecule has 0 radical (unpaired) electrons. The molecule has 8 rings (SSSR count). The molecule has 8 aromatic rings. The Morgan fingerprint density at radius 1 is 0.471 bits per heavy atom. The molecule has 3 heterocycles. The molecule has 158 valence electrons. The minimum Gasteiger partial charge on any atom is -0.456 e. The van der Waals surface area contributed by atoms with Gasteiger partial charge in [0.05, 0.1) is 11.0 Å². The first-order valence-electron chi connectivity index (χ1n) is 11.5. The van der Waals surface area contributed by atoms with Crippen molar-refractivity contribution >= 4 is 79.0 Å². The zero-order valence-corrected chi connectivity index (χ0v) is 18.5. The molecule has 5 aromatic carbocycles. The first-order valence-corrected chi connectivity index (χ1v) is 11.5. The van der Waals surface area contributed by atoms with Gasteiger partial charge in [-0.2, -0.15) is 0 Å². The van der Waals surface area contributed by atoms with Crippen LogP contribution in [0.1, 0.15) is 0 Å². The number of aromatic nitrogens is 1. The Morgan fingerprint density at radius 3 is 1.71 bits per heavy atom. The van der Waals surface area contributed by atoms with Crippen molar-refractivity contribution in [1.29, 1.82) is 0 Å². The van der Waals surface area contributed by atoms with Gasteiger partial charge in [0.15, 0.2) is 0 Å². The predicted molar refractivity (Wildman–Crippen MR) is 144 cm³/mol. The number of nitrogens with zero attached hydrogens (tertiary/aromatic N) is 1. The van der Waals surface area contributed by atoms with E-state index in [4.69, 9.17) is 8.83 Å². The third-order valence-corrected chi connectivity index (χ3v) is 7.04. The van der Waals surface area contributed by atoms with Crippen molar-refractivity contribution in [1.82, 2.24) is 4.57 Å². The fourth-order valence-electron chi connectivity index (χ4n) is 5.49. The summed E-state index contributed by atoms with van der Waals surface area (Å²) in [7, 11) is 2.11. The van der Waals surface area contributed by atoms with Crippen LogP contribution in [0.2, 0.25) is 0 Å². The molecular formula is C30H18BNO2.